The van der Waals surface area contributed by atoms with Crippen LogP contribution in [-0.4, -0.2) is 64.5 Å². The van der Waals surface area contributed by atoms with E-state index in [2.05, 4.69) is 17.2 Å². The summed E-state index contributed by atoms with van der Waals surface area (Å²) in [6.45, 7) is 4.17. The van der Waals surface area contributed by atoms with E-state index >= 15 is 0 Å². The second-order valence-electron chi connectivity index (χ2n) is 5.62. The van der Waals surface area contributed by atoms with Gasteiger partial charge < -0.3 is 17.6 Å². The van der Waals surface area contributed by atoms with Gasteiger partial charge in [0.25, 0.3) is 0 Å². The fourth-order valence-electron chi connectivity index (χ4n) is 0.964. The summed E-state index contributed by atoms with van der Waals surface area (Å²) in [6, 6.07) is 0.559. The molecule has 0 aliphatic heterocycles. The van der Waals surface area contributed by atoms with Gasteiger partial charge in [-0.25, -0.2) is 0 Å². The summed E-state index contributed by atoms with van der Waals surface area (Å²) in [5.41, 5.74) is -13.4. The van der Waals surface area contributed by atoms with Crippen molar-refractivity contribution >= 4 is 0 Å². The summed E-state index contributed by atoms with van der Waals surface area (Å²) in [4.78, 5) is 0. The predicted molar refractivity (Wildman–Crippen MR) is 70.2 cm³/mol. The van der Waals surface area contributed by atoms with Crippen LogP contribution in [0, 0.1) is 7.43 Å². The maximum atomic E-state index is 11.4. The molecule has 0 spiro atoms. The van der Waals surface area contributed by atoms with E-state index in [9.17, 15) is 79.0 Å². The molecule has 2 N–H and O–H groups in total. The van der Waals surface area contributed by atoms with Crippen molar-refractivity contribution in [3.63, 3.8) is 0 Å². The molecule has 0 aliphatic rings. The molecule has 0 heterocycles. The summed E-state index contributed by atoms with van der Waals surface area (Å²) >= 11 is 1.16. The van der Waals surface area contributed by atoms with Crippen molar-refractivity contribution < 1.29 is 110 Å². The van der Waals surface area contributed by atoms with Crippen molar-refractivity contribution in [2.45, 2.75) is 68.1 Å². The van der Waals surface area contributed by atoms with Gasteiger partial charge in [0, 0.05) is 0 Å². The van der Waals surface area contributed by atoms with Crippen LogP contribution in [0.5, 0.6) is 0 Å². The van der Waals surface area contributed by atoms with E-state index in [1.165, 1.54) is 0 Å². The van der Waals surface area contributed by atoms with Crippen LogP contribution in [0.15, 0.2) is 3.34 Å². The van der Waals surface area contributed by atoms with Gasteiger partial charge in [0.05, 0.1) is 0 Å². The van der Waals surface area contributed by atoms with E-state index in [0.29, 0.717) is 6.04 Å². The molecule has 0 saturated heterocycles. The van der Waals surface area contributed by atoms with Crippen molar-refractivity contribution in [3.05, 3.63) is 7.43 Å². The molecule has 0 aromatic carbocycles. The Morgan fingerprint density at radius 3 is 0.559 bits per heavy atom. The van der Waals surface area contributed by atoms with Gasteiger partial charge >= 0.3 is 92.4 Å². The zero-order chi connectivity index (χ0) is 28.3. The molecule has 0 rings (SSSR count). The summed E-state index contributed by atoms with van der Waals surface area (Å²) in [5.74, 6) is 0. The summed E-state index contributed by atoms with van der Waals surface area (Å²) < 4.78 is 209. The minimum Gasteiger partial charge on any atom is -0.367 e. The second kappa shape index (κ2) is 12.0. The average Bonchev–Trinajstić information content (AvgIpc) is 2.47. The fourth-order valence-corrected chi connectivity index (χ4v) is 0.964. The van der Waals surface area contributed by atoms with Crippen molar-refractivity contribution in [1.82, 2.24) is 0 Å². The van der Waals surface area contributed by atoms with Crippen LogP contribution in [0.25, 0.3) is 0 Å². The third-order valence-corrected chi connectivity index (χ3v) is 4.35. The van der Waals surface area contributed by atoms with Crippen LogP contribution in [0.4, 0.5) is 79.0 Å². The van der Waals surface area contributed by atoms with E-state index < -0.39 is 48.3 Å². The molecule has 0 aromatic heterocycles. The molecule has 0 aromatic rings. The van der Waals surface area contributed by atoms with Crippen molar-refractivity contribution in [1.29, 1.82) is 0 Å². The molecule has 0 saturated carbocycles. The number of aliphatic hydroxyl groups is 2. The van der Waals surface area contributed by atoms with E-state index in [4.69, 9.17) is 10.2 Å². The van der Waals surface area contributed by atoms with Gasteiger partial charge in [0.1, 0.15) is 0 Å². The van der Waals surface area contributed by atoms with E-state index in [-0.39, 0.29) is 7.43 Å². The standard InChI is InChI=1S/2C4HF9O.C3H7N.CH3.Ta/c2*5-2(6,7)1(14,3(8,9)10)4(11,12)13;1-3(2)4;;/h2*14H;3H,1-2H3;1H3;/q;;;-1;. The minimum atomic E-state index is -6.87. The largest absolute Gasteiger partial charge is 0.435 e. The topological polar surface area (TPSA) is 52.8 Å². The van der Waals surface area contributed by atoms with E-state index in [0.717, 1.165) is 20.9 Å². The SMILES string of the molecule is CC(C)[N]=[Ta].OC(C(F)(F)F)(C(F)(F)F)C(F)(F)F.OC(C(F)(F)F)(C(F)(F)F)C(F)(F)F.[CH3-]. The van der Waals surface area contributed by atoms with Gasteiger partial charge in [-0.05, 0) is 0 Å². The third-order valence-electron chi connectivity index (χ3n) is 2.69. The second-order valence-corrected chi connectivity index (χ2v) is 6.45. The number of rotatable bonds is 1. The Balaban J connectivity index is -0.000000216. The molecular weight excluding hydrogens is 713 g/mol. The molecule has 0 amide bonds. The number of nitrogens with zero attached hydrogens (tertiary/aromatic N) is 1. The Morgan fingerprint density at radius 1 is 0.471 bits per heavy atom. The first kappa shape index (κ1) is 40.4. The molecule has 0 fully saturated rings. The Labute approximate surface area is 189 Å². The number of halogens is 18. The summed E-state index contributed by atoms with van der Waals surface area (Å²) in [7, 11) is 0. The van der Waals surface area contributed by atoms with E-state index in [1.54, 1.807) is 0 Å². The van der Waals surface area contributed by atoms with Gasteiger partial charge in [-0.15, -0.1) is 0 Å². The summed E-state index contributed by atoms with van der Waals surface area (Å²) in [5, 5.41) is 15.3. The molecule has 209 valence electrons. The van der Waals surface area contributed by atoms with E-state index in [1.807, 2.05) is 0 Å². The van der Waals surface area contributed by atoms with Gasteiger partial charge in [0.15, 0.2) is 0 Å². The zero-order valence-electron chi connectivity index (χ0n) is 16.2. The van der Waals surface area contributed by atoms with Crippen LogP contribution in [0.3, 0.4) is 0 Å². The smallest absolute Gasteiger partial charge is 0.367 e. The number of hydrogen-bond acceptors (Lipinski definition) is 3. The Morgan fingerprint density at radius 2 is 0.559 bits per heavy atom. The molecule has 3 nitrogen and oxygen atoms in total. The monoisotopic (exact) mass is 725 g/mol. The van der Waals surface area contributed by atoms with Gasteiger partial charge in [0.2, 0.25) is 0 Å². The van der Waals surface area contributed by atoms with Crippen molar-refractivity contribution in [3.8, 4) is 0 Å². The molecular formula is C12H12F18NO2Ta-. The molecule has 0 atom stereocenters. The predicted octanol–water partition coefficient (Wildman–Crippen LogP) is 6.38. The third kappa shape index (κ3) is 9.34. The Bertz CT molecular complexity index is 489. The van der Waals surface area contributed by atoms with Crippen molar-refractivity contribution in [2.24, 2.45) is 3.34 Å². The molecule has 34 heavy (non-hydrogen) atoms. The van der Waals surface area contributed by atoms with Gasteiger partial charge in [-0.1, -0.05) is 0 Å². The number of hydrogen-bond donors (Lipinski definition) is 2. The van der Waals surface area contributed by atoms with Crippen LogP contribution < -0.4 is 0 Å². The quantitative estimate of drug-likeness (QED) is 0.244. The summed E-state index contributed by atoms with van der Waals surface area (Å²) in [6.07, 6.45) is -41.2. The van der Waals surface area contributed by atoms with Gasteiger partial charge in [-0.3, -0.25) is 0 Å². The first-order valence-corrected chi connectivity index (χ1v) is 8.40. The molecule has 0 radical (unpaired) electrons. The molecule has 0 bridgehead atoms. The maximum Gasteiger partial charge on any atom is 0.435 e. The first-order valence-electron chi connectivity index (χ1n) is 6.96. The minimum absolute atomic E-state index is 0. The Kier molecular flexibility index (Phi) is 14.2. The van der Waals surface area contributed by atoms with Crippen LogP contribution in [-0.2, 0) is 20.9 Å². The average molecular weight is 725 g/mol. The van der Waals surface area contributed by atoms with Crippen LogP contribution >= 0.6 is 0 Å². The normalized spacial score (nSPS) is 14.3. The fraction of sp³-hybridized carbons (Fsp3) is 0.917. The van der Waals surface area contributed by atoms with Crippen LogP contribution in [0.2, 0.25) is 0 Å². The van der Waals surface area contributed by atoms with Crippen LogP contribution in [0.1, 0.15) is 13.8 Å². The Hall–Kier alpha value is -0.800. The first-order chi connectivity index (χ1) is 13.8. The molecule has 0 unspecified atom stereocenters. The molecule has 22 heteroatoms. The zero-order valence-corrected chi connectivity index (χ0v) is 19.4. The van der Waals surface area contributed by atoms with Gasteiger partial charge in [-0.2, -0.15) is 79.0 Å². The number of alkyl halides is 18. The maximum absolute atomic E-state index is 11.4. The molecule has 0 aliphatic carbocycles. The van der Waals surface area contributed by atoms with Crippen molar-refractivity contribution in [2.75, 3.05) is 0 Å².